The van der Waals surface area contributed by atoms with Crippen LogP contribution < -0.4 is 0 Å². The van der Waals surface area contributed by atoms with Crippen molar-refractivity contribution in [2.45, 2.75) is 102 Å². The topological polar surface area (TPSA) is 63.2 Å². The lowest BCUT2D eigenvalue weighted by molar-refractivity contribution is -0.194. The van der Waals surface area contributed by atoms with E-state index in [0.717, 1.165) is 76.0 Å². The molecule has 6 nitrogen and oxygen atoms in total. The summed E-state index contributed by atoms with van der Waals surface area (Å²) in [5.74, 6) is 0.168. The zero-order valence-electron chi connectivity index (χ0n) is 19.1. The number of fused-ring (bicyclic) bond motifs is 1. The third kappa shape index (κ3) is 6.80. The Morgan fingerprint density at radius 2 is 1.91 bits per heavy atom. The van der Waals surface area contributed by atoms with Gasteiger partial charge in [0.25, 0.3) is 0 Å². The van der Waals surface area contributed by atoms with Gasteiger partial charge in [-0.2, -0.15) is 0 Å². The van der Waals surface area contributed by atoms with Gasteiger partial charge in [0.2, 0.25) is 0 Å². The fourth-order valence-corrected chi connectivity index (χ4v) is 5.35. The molecule has 3 saturated heterocycles. The van der Waals surface area contributed by atoms with E-state index in [-0.39, 0.29) is 48.7 Å². The second-order valence-electron chi connectivity index (χ2n) is 9.40. The first-order chi connectivity index (χ1) is 15.6. The monoisotopic (exact) mass is 468 g/mol. The number of halogens is 1. The van der Waals surface area contributed by atoms with E-state index in [0.29, 0.717) is 6.42 Å². The zero-order chi connectivity index (χ0) is 22.3. The van der Waals surface area contributed by atoms with Crippen molar-refractivity contribution in [3.63, 3.8) is 0 Å². The normalized spacial score (nSPS) is 36.9. The van der Waals surface area contributed by atoms with E-state index >= 15 is 0 Å². The van der Waals surface area contributed by atoms with Crippen LogP contribution in [0.4, 0.5) is 0 Å². The van der Waals surface area contributed by atoms with Crippen molar-refractivity contribution in [1.29, 1.82) is 0 Å². The van der Waals surface area contributed by atoms with Crippen LogP contribution in [0.2, 0.25) is 0 Å². The van der Waals surface area contributed by atoms with Crippen LogP contribution in [0.3, 0.4) is 0 Å². The van der Waals surface area contributed by atoms with Crippen molar-refractivity contribution in [2.24, 2.45) is 11.8 Å². The molecule has 0 aromatic carbocycles. The molecule has 4 aliphatic rings. The third-order valence-corrected chi connectivity index (χ3v) is 7.06. The average Bonchev–Trinajstić information content (AvgIpc) is 3.28. The molecule has 1 saturated carbocycles. The third-order valence-electron chi connectivity index (χ3n) is 6.90. The van der Waals surface area contributed by atoms with E-state index in [2.05, 4.69) is 12.2 Å². The highest BCUT2D eigenvalue weighted by molar-refractivity contribution is 6.29. The van der Waals surface area contributed by atoms with Crippen LogP contribution in [-0.4, -0.2) is 50.1 Å². The summed E-state index contributed by atoms with van der Waals surface area (Å²) in [5.41, 5.74) is 0. The zero-order valence-corrected chi connectivity index (χ0v) is 19.8. The lowest BCUT2D eigenvalue weighted by Crippen LogP contribution is -2.31. The molecular weight excluding hydrogens is 432 g/mol. The number of hydrogen-bond acceptors (Lipinski definition) is 6. The Morgan fingerprint density at radius 1 is 1.16 bits per heavy atom. The van der Waals surface area contributed by atoms with E-state index in [1.807, 2.05) is 13.0 Å². The van der Waals surface area contributed by atoms with Crippen LogP contribution in [0.1, 0.15) is 71.1 Å². The first-order valence-corrected chi connectivity index (χ1v) is 12.7. The maximum atomic E-state index is 11.9. The number of ether oxygens (including phenoxy) is 5. The number of rotatable bonds is 9. The number of hydrogen-bond donors (Lipinski definition) is 0. The van der Waals surface area contributed by atoms with E-state index in [4.69, 9.17) is 35.3 Å². The number of allylic oxidation sites excluding steroid dienone is 2. The number of carbonyl (C=O) groups is 1. The number of esters is 1. The van der Waals surface area contributed by atoms with Crippen LogP contribution in [-0.2, 0) is 28.5 Å². The van der Waals surface area contributed by atoms with Gasteiger partial charge in [0, 0.05) is 36.5 Å². The molecule has 0 aromatic heterocycles. The summed E-state index contributed by atoms with van der Waals surface area (Å²) >= 11 is 6.02. The van der Waals surface area contributed by atoms with Gasteiger partial charge in [-0.15, -0.1) is 0 Å². The van der Waals surface area contributed by atoms with Crippen molar-refractivity contribution in [1.82, 2.24) is 0 Å². The Kier molecular flexibility index (Phi) is 9.06. The minimum absolute atomic E-state index is 0.00554. The Hall–Kier alpha value is -0.920. The molecule has 3 aliphatic heterocycles. The van der Waals surface area contributed by atoms with Crippen LogP contribution in [0, 0.1) is 11.8 Å². The number of carbonyl (C=O) groups excluding carboxylic acids is 1. The average molecular weight is 469 g/mol. The summed E-state index contributed by atoms with van der Waals surface area (Å²) in [6.07, 6.45) is 15.1. The molecule has 32 heavy (non-hydrogen) atoms. The Bertz CT molecular complexity index is 663. The van der Waals surface area contributed by atoms with Crippen molar-refractivity contribution in [2.75, 3.05) is 13.2 Å². The maximum absolute atomic E-state index is 11.9. The molecule has 180 valence electrons. The Balaban J connectivity index is 1.43. The van der Waals surface area contributed by atoms with Gasteiger partial charge in [-0.25, -0.2) is 0 Å². The van der Waals surface area contributed by atoms with Crippen LogP contribution >= 0.6 is 11.6 Å². The van der Waals surface area contributed by atoms with Gasteiger partial charge in [-0.1, -0.05) is 29.8 Å². The highest BCUT2D eigenvalue weighted by Crippen LogP contribution is 2.44. The van der Waals surface area contributed by atoms with Gasteiger partial charge in [-0.05, 0) is 58.3 Å². The van der Waals surface area contributed by atoms with Gasteiger partial charge in [0.05, 0.1) is 18.6 Å². The first-order valence-electron chi connectivity index (χ1n) is 12.3. The van der Waals surface area contributed by atoms with Gasteiger partial charge in [0.1, 0.15) is 6.10 Å². The highest BCUT2D eigenvalue weighted by atomic mass is 35.5. The lowest BCUT2D eigenvalue weighted by Gasteiger charge is -2.29. The fourth-order valence-electron chi connectivity index (χ4n) is 5.25. The predicted octanol–water partition coefficient (Wildman–Crippen LogP) is 5.24. The summed E-state index contributed by atoms with van der Waals surface area (Å²) in [4.78, 5) is 11.9. The molecule has 0 spiro atoms. The molecule has 0 radical (unpaired) electrons. The second kappa shape index (κ2) is 12.0. The minimum Gasteiger partial charge on any atom is -0.462 e. The molecular formula is C25H37ClO6. The largest absolute Gasteiger partial charge is 0.462 e. The van der Waals surface area contributed by atoms with Crippen molar-refractivity contribution in [3.05, 3.63) is 23.3 Å². The molecule has 0 amide bonds. The van der Waals surface area contributed by atoms with E-state index in [1.165, 1.54) is 0 Å². The molecule has 0 aromatic rings. The van der Waals surface area contributed by atoms with Crippen LogP contribution in [0.25, 0.3) is 0 Å². The molecule has 4 fully saturated rings. The van der Waals surface area contributed by atoms with E-state index in [9.17, 15) is 4.79 Å². The molecule has 0 bridgehead atoms. The second-order valence-corrected chi connectivity index (χ2v) is 10.00. The smallest absolute Gasteiger partial charge is 0.306 e. The molecule has 3 heterocycles. The fraction of sp³-hybridized carbons (Fsp3) is 0.800. The summed E-state index contributed by atoms with van der Waals surface area (Å²) in [6, 6.07) is 0. The van der Waals surface area contributed by atoms with Crippen molar-refractivity contribution >= 4 is 17.6 Å². The van der Waals surface area contributed by atoms with Crippen LogP contribution in [0.15, 0.2) is 23.3 Å². The molecule has 2 unspecified atom stereocenters. The summed E-state index contributed by atoms with van der Waals surface area (Å²) in [7, 11) is 0. The Morgan fingerprint density at radius 3 is 2.59 bits per heavy atom. The van der Waals surface area contributed by atoms with Crippen molar-refractivity contribution in [3.8, 4) is 0 Å². The summed E-state index contributed by atoms with van der Waals surface area (Å²) in [5, 5.41) is 0.794. The van der Waals surface area contributed by atoms with Gasteiger partial charge < -0.3 is 23.7 Å². The predicted molar refractivity (Wildman–Crippen MR) is 121 cm³/mol. The summed E-state index contributed by atoms with van der Waals surface area (Å²) < 4.78 is 29.9. The van der Waals surface area contributed by atoms with Gasteiger partial charge in [0.15, 0.2) is 12.6 Å². The van der Waals surface area contributed by atoms with Gasteiger partial charge >= 0.3 is 5.97 Å². The van der Waals surface area contributed by atoms with Crippen molar-refractivity contribution < 1.29 is 28.5 Å². The van der Waals surface area contributed by atoms with Crippen LogP contribution in [0.5, 0.6) is 0 Å². The molecule has 4 rings (SSSR count). The SMILES string of the molecule is CC(Cl)=CCC[C@@H](C=C[C@@H]1[C@H]2CC(=O)O[C@H]2C[C@H]1OC1CCCCO1)OC1CCCCO1. The van der Waals surface area contributed by atoms with E-state index < -0.39 is 0 Å². The standard InChI is InChI=1S/C25H37ClO6/c1-17(26)7-6-8-18(30-24-9-2-4-13-28-24)11-12-19-20-15-23(27)31-22(20)16-21(19)32-25-10-3-5-14-29-25/h7,11-12,18-22,24-25H,2-6,8-10,13-16H2,1H3/t18-,19+,20+,21+,22-,24?,25?/m0/s1. The lowest BCUT2D eigenvalue weighted by atomic mass is 9.91. The highest BCUT2D eigenvalue weighted by Gasteiger charge is 2.50. The van der Waals surface area contributed by atoms with E-state index in [1.54, 1.807) is 0 Å². The first kappa shape index (κ1) is 24.2. The molecule has 7 atom stereocenters. The summed E-state index contributed by atoms with van der Waals surface area (Å²) in [6.45, 7) is 3.40. The Labute approximate surface area is 196 Å². The maximum Gasteiger partial charge on any atom is 0.306 e. The van der Waals surface area contributed by atoms with Gasteiger partial charge in [-0.3, -0.25) is 4.79 Å². The minimum atomic E-state index is -0.158. The molecule has 1 aliphatic carbocycles. The molecule has 7 heteroatoms. The molecule has 0 N–H and O–H groups in total. The quantitative estimate of drug-likeness (QED) is 0.340.